The van der Waals surface area contributed by atoms with E-state index in [0.717, 1.165) is 27.8 Å². The monoisotopic (exact) mass is 450 g/mol. The molecule has 4 rings (SSSR count). The van der Waals surface area contributed by atoms with Crippen LogP contribution >= 0.6 is 15.9 Å². The minimum atomic E-state index is -0.0361. The molecule has 0 radical (unpaired) electrons. The Morgan fingerprint density at radius 2 is 1.72 bits per heavy atom. The Bertz CT molecular complexity index is 976. The molecule has 0 aliphatic carbocycles. The molecule has 1 aliphatic heterocycles. The lowest BCUT2D eigenvalue weighted by molar-refractivity contribution is -0.121. The first-order valence-corrected chi connectivity index (χ1v) is 10.5. The highest BCUT2D eigenvalue weighted by Gasteiger charge is 2.33. The van der Waals surface area contributed by atoms with Crippen LogP contribution in [0, 0.1) is 0 Å². The molecule has 29 heavy (non-hydrogen) atoms. The summed E-state index contributed by atoms with van der Waals surface area (Å²) in [7, 11) is 0. The fraction of sp³-hybridized carbons (Fsp3) is 0.208. The average molecular weight is 451 g/mol. The smallest absolute Gasteiger partial charge is 0.265 e. The van der Waals surface area contributed by atoms with Gasteiger partial charge in [-0.1, -0.05) is 52.3 Å². The average Bonchev–Trinajstić information content (AvgIpc) is 2.74. The first-order valence-electron chi connectivity index (χ1n) is 9.73. The molecule has 1 aliphatic rings. The van der Waals surface area contributed by atoms with Gasteiger partial charge in [0.25, 0.3) is 5.91 Å². The van der Waals surface area contributed by atoms with Gasteiger partial charge in [0, 0.05) is 21.9 Å². The van der Waals surface area contributed by atoms with Gasteiger partial charge in [0.05, 0.1) is 6.04 Å². The molecule has 5 heteroatoms. The van der Waals surface area contributed by atoms with Crippen LogP contribution in [0.25, 0.3) is 0 Å². The van der Waals surface area contributed by atoms with Crippen LogP contribution in [0.4, 0.5) is 11.4 Å². The summed E-state index contributed by atoms with van der Waals surface area (Å²) in [5, 5.41) is 3.62. The van der Waals surface area contributed by atoms with Crippen molar-refractivity contribution in [2.45, 2.75) is 25.4 Å². The molecule has 1 N–H and O–H groups in total. The van der Waals surface area contributed by atoms with Crippen LogP contribution < -0.4 is 15.0 Å². The second-order valence-electron chi connectivity index (χ2n) is 7.21. The molecule has 0 bridgehead atoms. The van der Waals surface area contributed by atoms with Gasteiger partial charge in [-0.3, -0.25) is 4.79 Å². The fourth-order valence-corrected chi connectivity index (χ4v) is 4.07. The maximum Gasteiger partial charge on any atom is 0.265 e. The number of hydrogen-bond acceptors (Lipinski definition) is 3. The van der Waals surface area contributed by atoms with Gasteiger partial charge < -0.3 is 15.0 Å². The molecule has 148 valence electrons. The first kappa shape index (κ1) is 19.5. The van der Waals surface area contributed by atoms with Gasteiger partial charge in [-0.25, -0.2) is 0 Å². The molecule has 0 saturated heterocycles. The molecular formula is C24H23BrN2O2. The molecule has 4 nitrogen and oxygen atoms in total. The largest absolute Gasteiger partial charge is 0.484 e. The van der Waals surface area contributed by atoms with E-state index < -0.39 is 0 Å². The number of para-hydroxylation sites is 2. The van der Waals surface area contributed by atoms with E-state index in [0.29, 0.717) is 5.75 Å². The number of carbonyl (C=O) groups excluding carboxylic acids is 1. The number of halogens is 1. The van der Waals surface area contributed by atoms with Gasteiger partial charge in [0.2, 0.25) is 0 Å². The van der Waals surface area contributed by atoms with Crippen LogP contribution in [0.15, 0.2) is 83.3 Å². The first-order chi connectivity index (χ1) is 14.1. The lowest BCUT2D eigenvalue weighted by Gasteiger charge is -2.40. The predicted octanol–water partition coefficient (Wildman–Crippen LogP) is 5.81. The Hall–Kier alpha value is -2.79. The normalized spacial score (nSPS) is 18.1. The third-order valence-corrected chi connectivity index (χ3v) is 5.68. The molecule has 1 heterocycles. The van der Waals surface area contributed by atoms with Gasteiger partial charge in [0.15, 0.2) is 6.61 Å². The van der Waals surface area contributed by atoms with Crippen molar-refractivity contribution >= 4 is 33.2 Å². The van der Waals surface area contributed by atoms with Crippen molar-refractivity contribution in [3.63, 3.8) is 0 Å². The van der Waals surface area contributed by atoms with E-state index in [2.05, 4.69) is 46.4 Å². The second-order valence-corrected chi connectivity index (χ2v) is 8.13. The lowest BCUT2D eigenvalue weighted by Crippen LogP contribution is -2.46. The van der Waals surface area contributed by atoms with Crippen LogP contribution in [-0.4, -0.2) is 18.6 Å². The van der Waals surface area contributed by atoms with Gasteiger partial charge in [-0.2, -0.15) is 0 Å². The third kappa shape index (κ3) is 4.46. The Morgan fingerprint density at radius 1 is 1.03 bits per heavy atom. The molecule has 0 fully saturated rings. The number of nitrogens with zero attached hydrogens (tertiary/aromatic N) is 1. The fourth-order valence-electron chi connectivity index (χ4n) is 3.81. The summed E-state index contributed by atoms with van der Waals surface area (Å²) >= 11 is 3.41. The summed E-state index contributed by atoms with van der Waals surface area (Å²) < 4.78 is 6.71. The zero-order chi connectivity index (χ0) is 20.2. The number of hydrogen-bond donors (Lipinski definition) is 1. The van der Waals surface area contributed by atoms with Crippen LogP contribution in [0.3, 0.4) is 0 Å². The van der Waals surface area contributed by atoms with Crippen LogP contribution in [0.5, 0.6) is 5.75 Å². The molecule has 0 saturated carbocycles. The number of nitrogens with one attached hydrogen (secondary N) is 1. The maximum absolute atomic E-state index is 13.0. The van der Waals surface area contributed by atoms with Gasteiger partial charge >= 0.3 is 0 Å². The molecule has 2 atom stereocenters. The third-order valence-electron chi connectivity index (χ3n) is 5.15. The molecule has 2 unspecified atom stereocenters. The van der Waals surface area contributed by atoms with Gasteiger partial charge in [-0.05, 0) is 61.4 Å². The summed E-state index contributed by atoms with van der Waals surface area (Å²) in [4.78, 5) is 14.9. The maximum atomic E-state index is 13.0. The highest BCUT2D eigenvalue weighted by molar-refractivity contribution is 9.10. The van der Waals surface area contributed by atoms with E-state index in [-0.39, 0.29) is 24.6 Å². The van der Waals surface area contributed by atoms with Crippen LogP contribution in [-0.2, 0) is 4.79 Å². The summed E-state index contributed by atoms with van der Waals surface area (Å²) in [6.07, 6.45) is 0.829. The van der Waals surface area contributed by atoms with E-state index >= 15 is 0 Å². The van der Waals surface area contributed by atoms with Crippen LogP contribution in [0.1, 0.15) is 24.9 Å². The van der Waals surface area contributed by atoms with E-state index in [1.807, 2.05) is 65.6 Å². The number of benzene rings is 3. The molecule has 3 aromatic carbocycles. The van der Waals surface area contributed by atoms with Gasteiger partial charge in [-0.15, -0.1) is 0 Å². The summed E-state index contributed by atoms with van der Waals surface area (Å²) in [5.74, 6) is 0.647. The van der Waals surface area contributed by atoms with Crippen molar-refractivity contribution in [3.05, 3.63) is 88.9 Å². The van der Waals surface area contributed by atoms with Crippen LogP contribution in [0.2, 0.25) is 0 Å². The molecule has 0 aromatic heterocycles. The molecule has 1 amide bonds. The Morgan fingerprint density at radius 3 is 2.48 bits per heavy atom. The highest BCUT2D eigenvalue weighted by atomic mass is 79.9. The standard InChI is InChI=1S/C24H23BrN2O2/c1-17-15-22(26-19-7-3-2-4-8-19)21-9-5-6-10-23(21)27(17)24(28)16-29-20-13-11-18(25)12-14-20/h2-14,17,22,26H,15-16H2,1H3. The SMILES string of the molecule is CC1CC(Nc2ccccc2)c2ccccc2N1C(=O)COc1ccc(Br)cc1. The highest BCUT2D eigenvalue weighted by Crippen LogP contribution is 2.38. The lowest BCUT2D eigenvalue weighted by atomic mass is 9.91. The predicted molar refractivity (Wildman–Crippen MR) is 120 cm³/mol. The van der Waals surface area contributed by atoms with Crippen molar-refractivity contribution in [1.82, 2.24) is 0 Å². The number of rotatable bonds is 5. The minimum Gasteiger partial charge on any atom is -0.484 e. The number of fused-ring (bicyclic) bond motifs is 1. The number of carbonyl (C=O) groups is 1. The summed E-state index contributed by atoms with van der Waals surface area (Å²) in [6.45, 7) is 2.10. The van der Waals surface area contributed by atoms with Crippen molar-refractivity contribution in [3.8, 4) is 5.75 Å². The van der Waals surface area contributed by atoms with Gasteiger partial charge in [0.1, 0.15) is 5.75 Å². The number of amides is 1. The van der Waals surface area contributed by atoms with Crippen molar-refractivity contribution < 1.29 is 9.53 Å². The minimum absolute atomic E-state index is 0.0110. The van der Waals surface area contributed by atoms with E-state index in [9.17, 15) is 4.79 Å². The zero-order valence-electron chi connectivity index (χ0n) is 16.2. The Labute approximate surface area is 179 Å². The second kappa shape index (κ2) is 8.70. The van der Waals surface area contributed by atoms with Crippen molar-refractivity contribution in [2.75, 3.05) is 16.8 Å². The van der Waals surface area contributed by atoms with E-state index in [4.69, 9.17) is 4.74 Å². The molecule has 0 spiro atoms. The number of ether oxygens (including phenoxy) is 1. The Balaban J connectivity index is 1.53. The van der Waals surface area contributed by atoms with E-state index in [1.165, 1.54) is 0 Å². The Kier molecular flexibility index (Phi) is 5.86. The summed E-state index contributed by atoms with van der Waals surface area (Å²) in [5.41, 5.74) is 3.16. The van der Waals surface area contributed by atoms with E-state index in [1.54, 1.807) is 0 Å². The number of anilines is 2. The van der Waals surface area contributed by atoms with Crippen molar-refractivity contribution in [1.29, 1.82) is 0 Å². The summed E-state index contributed by atoms with van der Waals surface area (Å²) in [6, 6.07) is 26.0. The van der Waals surface area contributed by atoms with Crippen molar-refractivity contribution in [2.24, 2.45) is 0 Å². The zero-order valence-corrected chi connectivity index (χ0v) is 17.8. The molecule has 3 aromatic rings. The molecular weight excluding hydrogens is 428 g/mol. The topological polar surface area (TPSA) is 41.6 Å². The quantitative estimate of drug-likeness (QED) is 0.533.